The standard InChI is InChI=1S/C22H28BrN3O4/c1-21(2,3)29-19(27)25-8-7-17-16(12-25)15-10-14(23)9-13(11-24)18(15)26(17)20(28)30-22(4,5)6/h9-10,16-17H,7-8,12H2,1-6H3/t16-,17-/m1/s1. The molecule has 0 aromatic heterocycles. The lowest BCUT2D eigenvalue weighted by Gasteiger charge is -2.38. The summed E-state index contributed by atoms with van der Waals surface area (Å²) in [5.74, 6) is -0.126. The van der Waals surface area contributed by atoms with Crippen LogP contribution >= 0.6 is 15.9 Å². The van der Waals surface area contributed by atoms with Crippen LogP contribution in [-0.4, -0.2) is 47.4 Å². The van der Waals surface area contributed by atoms with Gasteiger partial charge in [-0.2, -0.15) is 5.26 Å². The molecule has 2 heterocycles. The third-order valence-electron chi connectivity index (χ3n) is 5.01. The van der Waals surface area contributed by atoms with Crippen molar-refractivity contribution in [3.05, 3.63) is 27.7 Å². The minimum atomic E-state index is -0.658. The molecule has 162 valence electrons. The highest BCUT2D eigenvalue weighted by atomic mass is 79.9. The van der Waals surface area contributed by atoms with Crippen molar-refractivity contribution in [3.63, 3.8) is 0 Å². The van der Waals surface area contributed by atoms with E-state index >= 15 is 0 Å². The van der Waals surface area contributed by atoms with Gasteiger partial charge in [0.15, 0.2) is 0 Å². The molecule has 0 unspecified atom stereocenters. The van der Waals surface area contributed by atoms with Gasteiger partial charge in [0.2, 0.25) is 0 Å². The predicted molar refractivity (Wildman–Crippen MR) is 117 cm³/mol. The summed E-state index contributed by atoms with van der Waals surface area (Å²) in [7, 11) is 0. The van der Waals surface area contributed by atoms with Crippen molar-refractivity contribution < 1.29 is 19.1 Å². The molecule has 1 saturated heterocycles. The van der Waals surface area contributed by atoms with Crippen molar-refractivity contribution in [2.75, 3.05) is 18.0 Å². The Morgan fingerprint density at radius 3 is 2.27 bits per heavy atom. The molecule has 2 aliphatic rings. The minimum Gasteiger partial charge on any atom is -0.444 e. The molecule has 1 aromatic carbocycles. The number of amides is 2. The van der Waals surface area contributed by atoms with Crippen LogP contribution in [0.25, 0.3) is 0 Å². The second-order valence-corrected chi connectivity index (χ2v) is 10.7. The van der Waals surface area contributed by atoms with Crippen LogP contribution < -0.4 is 4.90 Å². The first kappa shape index (κ1) is 22.4. The summed E-state index contributed by atoms with van der Waals surface area (Å²) in [6, 6.07) is 5.66. The number of carbonyl (C=O) groups is 2. The van der Waals surface area contributed by atoms with Crippen molar-refractivity contribution in [1.29, 1.82) is 5.26 Å². The van der Waals surface area contributed by atoms with Gasteiger partial charge < -0.3 is 14.4 Å². The Labute approximate surface area is 186 Å². The number of hydrogen-bond acceptors (Lipinski definition) is 5. The van der Waals surface area contributed by atoms with Crippen LogP contribution in [0.4, 0.5) is 15.3 Å². The Kier molecular flexibility index (Phi) is 5.80. The van der Waals surface area contributed by atoms with Gasteiger partial charge in [0.25, 0.3) is 0 Å². The van der Waals surface area contributed by atoms with E-state index in [4.69, 9.17) is 9.47 Å². The van der Waals surface area contributed by atoms with Crippen molar-refractivity contribution in [3.8, 4) is 6.07 Å². The van der Waals surface area contributed by atoms with Gasteiger partial charge in [-0.05, 0) is 65.7 Å². The number of anilines is 1. The number of carbonyl (C=O) groups excluding carboxylic acids is 2. The molecule has 2 amide bonds. The average Bonchev–Trinajstić information content (AvgIpc) is 2.91. The number of fused-ring (bicyclic) bond motifs is 3. The van der Waals surface area contributed by atoms with E-state index < -0.39 is 17.3 Å². The van der Waals surface area contributed by atoms with E-state index in [1.54, 1.807) is 15.9 Å². The van der Waals surface area contributed by atoms with E-state index in [1.165, 1.54) is 0 Å². The maximum absolute atomic E-state index is 13.1. The lowest BCUT2D eigenvalue weighted by molar-refractivity contribution is 0.0185. The maximum Gasteiger partial charge on any atom is 0.415 e. The summed E-state index contributed by atoms with van der Waals surface area (Å²) < 4.78 is 12.0. The lowest BCUT2D eigenvalue weighted by atomic mass is 9.89. The topological polar surface area (TPSA) is 82.9 Å². The van der Waals surface area contributed by atoms with Crippen LogP contribution in [0.2, 0.25) is 0 Å². The molecular weight excluding hydrogens is 450 g/mol. The van der Waals surface area contributed by atoms with E-state index in [-0.39, 0.29) is 18.1 Å². The maximum atomic E-state index is 13.1. The number of piperidine rings is 1. The van der Waals surface area contributed by atoms with Crippen LogP contribution in [0.15, 0.2) is 16.6 Å². The first-order valence-corrected chi connectivity index (χ1v) is 10.8. The molecule has 8 heteroatoms. The number of rotatable bonds is 0. The summed E-state index contributed by atoms with van der Waals surface area (Å²) in [5.41, 5.74) is 0.611. The first-order chi connectivity index (χ1) is 13.8. The van der Waals surface area contributed by atoms with Crippen molar-refractivity contribution in [1.82, 2.24) is 4.90 Å². The SMILES string of the molecule is CC(C)(C)OC(=O)N1CC[C@@H]2[C@H](C1)c1cc(Br)cc(C#N)c1N2C(=O)OC(C)(C)C. The number of ether oxygens (including phenoxy) is 2. The van der Waals surface area contributed by atoms with Crippen molar-refractivity contribution in [2.45, 2.75) is 71.1 Å². The van der Waals surface area contributed by atoms with Crippen LogP contribution in [0, 0.1) is 11.3 Å². The van der Waals surface area contributed by atoms with Gasteiger partial charge in [0, 0.05) is 23.5 Å². The lowest BCUT2D eigenvalue weighted by Crippen LogP contribution is -2.51. The first-order valence-electron chi connectivity index (χ1n) is 10.0. The van der Waals surface area contributed by atoms with E-state index in [9.17, 15) is 14.9 Å². The Balaban J connectivity index is 1.99. The Bertz CT molecular complexity index is 911. The van der Waals surface area contributed by atoms with Crippen molar-refractivity contribution >= 4 is 33.8 Å². The zero-order valence-electron chi connectivity index (χ0n) is 18.3. The molecule has 2 atom stereocenters. The number of halogens is 1. The molecule has 0 N–H and O–H groups in total. The molecule has 0 radical (unpaired) electrons. The fourth-order valence-electron chi connectivity index (χ4n) is 4.01. The average molecular weight is 478 g/mol. The van der Waals surface area contributed by atoms with Gasteiger partial charge in [-0.1, -0.05) is 15.9 Å². The highest BCUT2D eigenvalue weighted by Gasteiger charge is 2.48. The van der Waals surface area contributed by atoms with Gasteiger partial charge >= 0.3 is 12.2 Å². The predicted octanol–water partition coefficient (Wildman–Crippen LogP) is 5.17. The van der Waals surface area contributed by atoms with Gasteiger partial charge in [-0.3, -0.25) is 4.90 Å². The molecule has 0 spiro atoms. The van der Waals surface area contributed by atoms with E-state index in [0.29, 0.717) is 30.8 Å². The molecule has 0 bridgehead atoms. The smallest absolute Gasteiger partial charge is 0.415 e. The number of benzene rings is 1. The minimum absolute atomic E-state index is 0.126. The number of nitriles is 1. The normalized spacial score (nSPS) is 20.9. The Morgan fingerprint density at radius 2 is 1.70 bits per heavy atom. The third kappa shape index (κ3) is 4.56. The van der Waals surface area contributed by atoms with Crippen LogP contribution in [0.1, 0.15) is 65.0 Å². The number of hydrogen-bond donors (Lipinski definition) is 0. The molecule has 1 aromatic rings. The zero-order chi connectivity index (χ0) is 22.4. The highest BCUT2D eigenvalue weighted by Crippen LogP contribution is 2.48. The fourth-order valence-corrected chi connectivity index (χ4v) is 4.48. The second kappa shape index (κ2) is 7.77. The zero-order valence-corrected chi connectivity index (χ0v) is 19.9. The molecule has 0 saturated carbocycles. The number of likely N-dealkylation sites (tertiary alicyclic amines) is 1. The largest absolute Gasteiger partial charge is 0.444 e. The molecule has 2 aliphatic heterocycles. The van der Waals surface area contributed by atoms with Gasteiger partial charge in [0.1, 0.15) is 17.3 Å². The summed E-state index contributed by atoms with van der Waals surface area (Å²) in [5, 5.41) is 9.73. The monoisotopic (exact) mass is 477 g/mol. The van der Waals surface area contributed by atoms with E-state index in [1.807, 2.05) is 47.6 Å². The third-order valence-corrected chi connectivity index (χ3v) is 5.47. The molecule has 7 nitrogen and oxygen atoms in total. The van der Waals surface area contributed by atoms with Crippen LogP contribution in [0.5, 0.6) is 0 Å². The molecule has 0 aliphatic carbocycles. The van der Waals surface area contributed by atoms with E-state index in [0.717, 1.165) is 10.0 Å². The van der Waals surface area contributed by atoms with E-state index in [2.05, 4.69) is 22.0 Å². The van der Waals surface area contributed by atoms with Gasteiger partial charge in [0.05, 0.1) is 17.3 Å². The van der Waals surface area contributed by atoms with Gasteiger partial charge in [-0.15, -0.1) is 0 Å². The van der Waals surface area contributed by atoms with Crippen molar-refractivity contribution in [2.24, 2.45) is 0 Å². The molecular formula is C22H28BrN3O4. The highest BCUT2D eigenvalue weighted by molar-refractivity contribution is 9.10. The summed E-state index contributed by atoms with van der Waals surface area (Å²) >= 11 is 3.47. The fraction of sp³-hybridized carbons (Fsp3) is 0.591. The Hall–Kier alpha value is -2.27. The summed E-state index contributed by atoms with van der Waals surface area (Å²) in [4.78, 5) is 29.1. The summed E-state index contributed by atoms with van der Waals surface area (Å²) in [6.07, 6.45) is -0.269. The second-order valence-electron chi connectivity index (χ2n) is 9.74. The number of nitrogens with zero attached hydrogens (tertiary/aromatic N) is 3. The van der Waals surface area contributed by atoms with Crippen LogP contribution in [0.3, 0.4) is 0 Å². The molecule has 30 heavy (non-hydrogen) atoms. The Morgan fingerprint density at radius 1 is 1.10 bits per heavy atom. The summed E-state index contributed by atoms with van der Waals surface area (Å²) in [6.45, 7) is 11.8. The molecule has 3 rings (SSSR count). The quantitative estimate of drug-likeness (QED) is 0.514. The molecule has 1 fully saturated rings. The van der Waals surface area contributed by atoms with Crippen LogP contribution in [-0.2, 0) is 9.47 Å². The van der Waals surface area contributed by atoms with Gasteiger partial charge in [-0.25, -0.2) is 9.59 Å².